The second-order valence-electron chi connectivity index (χ2n) is 7.28. The van der Waals surface area contributed by atoms with Crippen LogP contribution in [0.5, 0.6) is 0 Å². The second kappa shape index (κ2) is 9.63. The van der Waals surface area contributed by atoms with Crippen LogP contribution in [0.15, 0.2) is 30.5 Å². The number of halogens is 4. The summed E-state index contributed by atoms with van der Waals surface area (Å²) in [6.07, 6.45) is -1.02. The third kappa shape index (κ3) is 5.30. The van der Waals surface area contributed by atoms with Gasteiger partial charge in [-0.15, -0.1) is 12.4 Å². The third-order valence-electron chi connectivity index (χ3n) is 5.25. The number of aromatic nitrogens is 2. The van der Waals surface area contributed by atoms with Crippen LogP contribution in [0.1, 0.15) is 40.9 Å². The number of aryl methyl sites for hydroxylation is 1. The minimum Gasteiger partial charge on any atom is -0.339 e. The average Bonchev–Trinajstić information content (AvgIpc) is 3.12. The lowest BCUT2D eigenvalue weighted by Crippen LogP contribution is -2.39. The van der Waals surface area contributed by atoms with Gasteiger partial charge >= 0.3 is 6.18 Å². The molecular formula is C20H26ClF3N4O. The van der Waals surface area contributed by atoms with Crippen LogP contribution in [-0.2, 0) is 6.18 Å². The molecule has 1 aromatic carbocycles. The lowest BCUT2D eigenvalue weighted by molar-refractivity contribution is -0.143. The molecule has 0 bridgehead atoms. The Kier molecular flexibility index (Phi) is 7.71. The van der Waals surface area contributed by atoms with Gasteiger partial charge in [-0.05, 0) is 57.8 Å². The van der Waals surface area contributed by atoms with Crippen molar-refractivity contribution in [3.05, 3.63) is 47.3 Å². The molecule has 0 unspecified atom stereocenters. The standard InChI is InChI=1S/C20H25F3N4O.ClH/c1-14-3-5-16(6-4-14)27-18(20(21,22)23)17(13-25-27)19(28)26-11-8-15(9-12-26)7-10-24-2;/h3-6,13,15,24H,7-12H2,1-2H3;1H. The van der Waals surface area contributed by atoms with E-state index in [4.69, 9.17) is 0 Å². The molecule has 9 heteroatoms. The minimum absolute atomic E-state index is 0. The number of benzene rings is 1. The van der Waals surface area contributed by atoms with Crippen molar-refractivity contribution in [3.8, 4) is 5.69 Å². The number of alkyl halides is 3. The first-order valence-electron chi connectivity index (χ1n) is 9.47. The highest BCUT2D eigenvalue weighted by molar-refractivity contribution is 5.95. The zero-order chi connectivity index (χ0) is 20.3. The Bertz CT molecular complexity index is 812. The molecule has 5 nitrogen and oxygen atoms in total. The fourth-order valence-corrected chi connectivity index (χ4v) is 3.60. The molecule has 29 heavy (non-hydrogen) atoms. The molecule has 0 aliphatic carbocycles. The van der Waals surface area contributed by atoms with E-state index in [-0.39, 0.29) is 23.7 Å². The summed E-state index contributed by atoms with van der Waals surface area (Å²) < 4.78 is 42.2. The van der Waals surface area contributed by atoms with E-state index in [1.165, 1.54) is 4.90 Å². The van der Waals surface area contributed by atoms with Crippen LogP contribution < -0.4 is 5.32 Å². The van der Waals surface area contributed by atoms with Crippen LogP contribution in [0.4, 0.5) is 13.2 Å². The summed E-state index contributed by atoms with van der Waals surface area (Å²) >= 11 is 0. The maximum atomic E-state index is 13.8. The fraction of sp³-hybridized carbons (Fsp3) is 0.500. The van der Waals surface area contributed by atoms with Crippen molar-refractivity contribution in [2.24, 2.45) is 5.92 Å². The predicted molar refractivity (Wildman–Crippen MR) is 108 cm³/mol. The molecule has 2 heterocycles. The number of rotatable bonds is 5. The van der Waals surface area contributed by atoms with Gasteiger partial charge in [-0.1, -0.05) is 17.7 Å². The quantitative estimate of drug-likeness (QED) is 0.777. The molecule has 0 radical (unpaired) electrons. The molecule has 0 saturated carbocycles. The monoisotopic (exact) mass is 430 g/mol. The lowest BCUT2D eigenvalue weighted by Gasteiger charge is -2.32. The smallest absolute Gasteiger partial charge is 0.339 e. The van der Waals surface area contributed by atoms with E-state index >= 15 is 0 Å². The van der Waals surface area contributed by atoms with Crippen LogP contribution in [0, 0.1) is 12.8 Å². The summed E-state index contributed by atoms with van der Waals surface area (Å²) in [5, 5.41) is 7.00. The van der Waals surface area contributed by atoms with Crippen molar-refractivity contribution in [1.29, 1.82) is 0 Å². The van der Waals surface area contributed by atoms with Crippen LogP contribution in [0.3, 0.4) is 0 Å². The van der Waals surface area contributed by atoms with Crippen LogP contribution in [-0.4, -0.2) is 47.3 Å². The predicted octanol–water partition coefficient (Wildman–Crippen LogP) is 4.08. The van der Waals surface area contributed by atoms with Gasteiger partial charge in [0.25, 0.3) is 5.91 Å². The SMILES string of the molecule is CNCCC1CCN(C(=O)c2cnn(-c3ccc(C)cc3)c2C(F)(F)F)CC1.Cl. The maximum Gasteiger partial charge on any atom is 0.434 e. The average molecular weight is 431 g/mol. The van der Waals surface area contributed by atoms with Crippen molar-refractivity contribution >= 4 is 18.3 Å². The van der Waals surface area contributed by atoms with E-state index < -0.39 is 17.8 Å². The van der Waals surface area contributed by atoms with E-state index in [0.717, 1.165) is 42.2 Å². The summed E-state index contributed by atoms with van der Waals surface area (Å²) in [5.74, 6) is -0.105. The maximum absolute atomic E-state index is 13.8. The highest BCUT2D eigenvalue weighted by Crippen LogP contribution is 2.34. The molecular weight excluding hydrogens is 405 g/mol. The topological polar surface area (TPSA) is 50.2 Å². The van der Waals surface area contributed by atoms with Crippen molar-refractivity contribution < 1.29 is 18.0 Å². The van der Waals surface area contributed by atoms with Gasteiger partial charge in [-0.2, -0.15) is 18.3 Å². The van der Waals surface area contributed by atoms with Crippen molar-refractivity contribution in [3.63, 3.8) is 0 Å². The summed E-state index contributed by atoms with van der Waals surface area (Å²) in [7, 11) is 1.89. The zero-order valence-electron chi connectivity index (χ0n) is 16.5. The van der Waals surface area contributed by atoms with Gasteiger partial charge in [0, 0.05) is 13.1 Å². The van der Waals surface area contributed by atoms with Gasteiger partial charge in [-0.3, -0.25) is 4.79 Å². The summed E-state index contributed by atoms with van der Waals surface area (Å²) in [6.45, 7) is 3.70. The van der Waals surface area contributed by atoms with Crippen molar-refractivity contribution in [2.75, 3.05) is 26.7 Å². The number of amides is 1. The first-order chi connectivity index (χ1) is 13.3. The number of nitrogens with one attached hydrogen (secondary N) is 1. The molecule has 160 valence electrons. The number of piperidine rings is 1. The zero-order valence-corrected chi connectivity index (χ0v) is 17.3. The molecule has 1 aliphatic heterocycles. The first kappa shape index (κ1) is 23.2. The van der Waals surface area contributed by atoms with Gasteiger partial charge in [0.1, 0.15) is 0 Å². The number of nitrogens with zero attached hydrogens (tertiary/aromatic N) is 3. The molecule has 1 amide bonds. The highest BCUT2D eigenvalue weighted by atomic mass is 35.5. The molecule has 1 aliphatic rings. The summed E-state index contributed by atoms with van der Waals surface area (Å²) in [4.78, 5) is 14.4. The molecule has 3 rings (SSSR count). The summed E-state index contributed by atoms with van der Waals surface area (Å²) in [5.41, 5.74) is -0.190. The van der Waals surface area contributed by atoms with Crippen molar-refractivity contribution in [1.82, 2.24) is 20.0 Å². The molecule has 2 aromatic rings. The molecule has 1 aromatic heterocycles. The number of hydrogen-bond donors (Lipinski definition) is 1. The van der Waals surface area contributed by atoms with Crippen LogP contribution >= 0.6 is 12.4 Å². The van der Waals surface area contributed by atoms with Gasteiger partial charge in [-0.25, -0.2) is 4.68 Å². The molecule has 1 saturated heterocycles. The number of carbonyl (C=O) groups is 1. The first-order valence-corrected chi connectivity index (χ1v) is 9.47. The van der Waals surface area contributed by atoms with Gasteiger partial charge in [0.15, 0.2) is 5.69 Å². The second-order valence-corrected chi connectivity index (χ2v) is 7.28. The Morgan fingerprint density at radius 1 is 1.21 bits per heavy atom. The molecule has 1 N–H and O–H groups in total. The minimum atomic E-state index is -4.68. The van der Waals surface area contributed by atoms with Crippen LogP contribution in [0.2, 0.25) is 0 Å². The van der Waals surface area contributed by atoms with E-state index in [0.29, 0.717) is 19.0 Å². The molecule has 0 spiro atoms. The Hall–Kier alpha value is -2.06. The van der Waals surface area contributed by atoms with Gasteiger partial charge < -0.3 is 10.2 Å². The van der Waals surface area contributed by atoms with E-state index in [1.54, 1.807) is 24.3 Å². The highest BCUT2D eigenvalue weighted by Gasteiger charge is 2.41. The Labute approximate surface area is 174 Å². The molecule has 0 atom stereocenters. The Balaban J connectivity index is 0.00000300. The third-order valence-corrected chi connectivity index (χ3v) is 5.25. The van der Waals surface area contributed by atoms with E-state index in [1.807, 2.05) is 14.0 Å². The molecule has 1 fully saturated rings. The normalized spacial score (nSPS) is 15.3. The number of likely N-dealkylation sites (tertiary alicyclic amines) is 1. The Morgan fingerprint density at radius 2 is 1.83 bits per heavy atom. The van der Waals surface area contributed by atoms with E-state index in [9.17, 15) is 18.0 Å². The Morgan fingerprint density at radius 3 is 2.38 bits per heavy atom. The summed E-state index contributed by atoms with van der Waals surface area (Å²) in [6, 6.07) is 6.57. The van der Waals surface area contributed by atoms with Gasteiger partial charge in [0.05, 0.1) is 17.4 Å². The van der Waals surface area contributed by atoms with Gasteiger partial charge in [0.2, 0.25) is 0 Å². The number of hydrogen-bond acceptors (Lipinski definition) is 3. The fourth-order valence-electron chi connectivity index (χ4n) is 3.60. The number of carbonyl (C=O) groups excluding carboxylic acids is 1. The largest absolute Gasteiger partial charge is 0.434 e. The van der Waals surface area contributed by atoms with Crippen molar-refractivity contribution in [2.45, 2.75) is 32.4 Å². The lowest BCUT2D eigenvalue weighted by atomic mass is 9.93. The van der Waals surface area contributed by atoms with Crippen LogP contribution in [0.25, 0.3) is 5.69 Å². The van der Waals surface area contributed by atoms with E-state index in [2.05, 4.69) is 10.4 Å².